The fourth-order valence-electron chi connectivity index (χ4n) is 2.28. The quantitative estimate of drug-likeness (QED) is 0.605. The summed E-state index contributed by atoms with van der Waals surface area (Å²) >= 11 is 0. The highest BCUT2D eigenvalue weighted by Crippen LogP contribution is 2.14. The van der Waals surface area contributed by atoms with Crippen molar-refractivity contribution in [3.8, 4) is 0 Å². The molecule has 94 valence electrons. The Bertz CT molecular complexity index is 344. The molecule has 1 aliphatic heterocycles. The van der Waals surface area contributed by atoms with Crippen LogP contribution in [0.2, 0.25) is 0 Å². The molecule has 0 aromatic carbocycles. The molecule has 0 unspecified atom stereocenters. The third-order valence-electron chi connectivity index (χ3n) is 2.87. The number of morpholine rings is 1. The number of rotatable bonds is 3. The van der Waals surface area contributed by atoms with Crippen molar-refractivity contribution >= 4 is 5.82 Å². The molecule has 0 aliphatic carbocycles. The van der Waals surface area contributed by atoms with Crippen LogP contribution in [0, 0.1) is 0 Å². The molecule has 0 saturated carbocycles. The minimum atomic E-state index is 0.302. The molecular weight excluding hydrogens is 216 g/mol. The number of hydrazine groups is 1. The maximum absolute atomic E-state index is 5.71. The summed E-state index contributed by atoms with van der Waals surface area (Å²) in [6, 6.07) is 3.94. The average Bonchev–Trinajstić information content (AvgIpc) is 2.28. The van der Waals surface area contributed by atoms with Gasteiger partial charge in [-0.25, -0.2) is 10.8 Å². The molecule has 0 radical (unpaired) electrons. The van der Waals surface area contributed by atoms with E-state index in [4.69, 9.17) is 10.6 Å². The van der Waals surface area contributed by atoms with E-state index >= 15 is 0 Å². The van der Waals surface area contributed by atoms with Gasteiger partial charge in [-0.1, -0.05) is 6.07 Å². The summed E-state index contributed by atoms with van der Waals surface area (Å²) in [6.45, 7) is 7.09. The number of nitrogens with zero attached hydrogens (tertiary/aromatic N) is 2. The van der Waals surface area contributed by atoms with Crippen molar-refractivity contribution in [1.29, 1.82) is 0 Å². The van der Waals surface area contributed by atoms with Gasteiger partial charge in [0.05, 0.1) is 12.2 Å². The highest BCUT2D eigenvalue weighted by atomic mass is 16.5. The Morgan fingerprint density at radius 2 is 2.12 bits per heavy atom. The van der Waals surface area contributed by atoms with E-state index in [1.165, 1.54) is 5.56 Å². The smallest absolute Gasteiger partial charge is 0.139 e. The topological polar surface area (TPSA) is 63.4 Å². The molecule has 2 rings (SSSR count). The molecule has 1 aromatic rings. The molecule has 3 N–H and O–H groups in total. The Kier molecular flexibility index (Phi) is 3.93. The Balaban J connectivity index is 1.95. The summed E-state index contributed by atoms with van der Waals surface area (Å²) in [5.74, 6) is 5.97. The highest BCUT2D eigenvalue weighted by molar-refractivity contribution is 5.33. The average molecular weight is 236 g/mol. The van der Waals surface area contributed by atoms with Gasteiger partial charge in [0.1, 0.15) is 5.82 Å². The standard InChI is InChI=1S/C12H20N4O/c1-9-6-16(7-10(2)17-9)8-11-3-4-12(15-13)14-5-11/h3-5,9-10H,6-8,13H2,1-2H3,(H,14,15)/t9-,10+. The van der Waals surface area contributed by atoms with Crippen molar-refractivity contribution in [2.24, 2.45) is 5.84 Å². The van der Waals surface area contributed by atoms with Gasteiger partial charge in [-0.05, 0) is 25.5 Å². The number of pyridine rings is 1. The summed E-state index contributed by atoms with van der Waals surface area (Å²) in [7, 11) is 0. The molecule has 17 heavy (non-hydrogen) atoms. The Morgan fingerprint density at radius 3 is 2.65 bits per heavy atom. The van der Waals surface area contributed by atoms with Crippen LogP contribution in [0.1, 0.15) is 19.4 Å². The second-order valence-electron chi connectivity index (χ2n) is 4.65. The third kappa shape index (κ3) is 3.39. The Hall–Kier alpha value is -1.17. The molecule has 2 atom stereocenters. The molecule has 1 saturated heterocycles. The first-order valence-corrected chi connectivity index (χ1v) is 5.96. The molecule has 0 spiro atoms. The minimum Gasteiger partial charge on any atom is -0.373 e. The molecule has 0 amide bonds. The van der Waals surface area contributed by atoms with Crippen LogP contribution in [0.3, 0.4) is 0 Å². The van der Waals surface area contributed by atoms with Gasteiger partial charge in [0.15, 0.2) is 0 Å². The number of nitrogen functional groups attached to an aromatic ring is 1. The van der Waals surface area contributed by atoms with Crippen LogP contribution in [-0.2, 0) is 11.3 Å². The van der Waals surface area contributed by atoms with E-state index in [-0.39, 0.29) is 0 Å². The van der Waals surface area contributed by atoms with E-state index in [0.29, 0.717) is 18.0 Å². The second-order valence-corrected chi connectivity index (χ2v) is 4.65. The maximum Gasteiger partial charge on any atom is 0.139 e. The van der Waals surface area contributed by atoms with Gasteiger partial charge in [-0.3, -0.25) is 4.90 Å². The molecule has 5 nitrogen and oxygen atoms in total. The van der Waals surface area contributed by atoms with Crippen LogP contribution in [0.4, 0.5) is 5.82 Å². The van der Waals surface area contributed by atoms with E-state index in [1.807, 2.05) is 18.3 Å². The lowest BCUT2D eigenvalue weighted by molar-refractivity contribution is -0.0705. The molecular formula is C12H20N4O. The monoisotopic (exact) mass is 236 g/mol. The van der Waals surface area contributed by atoms with Crippen LogP contribution < -0.4 is 11.3 Å². The lowest BCUT2D eigenvalue weighted by atomic mass is 10.2. The van der Waals surface area contributed by atoms with Gasteiger partial charge < -0.3 is 10.2 Å². The fourth-order valence-corrected chi connectivity index (χ4v) is 2.28. The first-order valence-electron chi connectivity index (χ1n) is 5.96. The first kappa shape index (κ1) is 12.3. The van der Waals surface area contributed by atoms with Crippen molar-refractivity contribution in [2.75, 3.05) is 18.5 Å². The maximum atomic E-state index is 5.71. The van der Waals surface area contributed by atoms with Crippen LogP contribution >= 0.6 is 0 Å². The van der Waals surface area contributed by atoms with Gasteiger partial charge in [0, 0.05) is 25.8 Å². The number of ether oxygens (including phenoxy) is 1. The molecule has 2 heterocycles. The van der Waals surface area contributed by atoms with Crippen molar-refractivity contribution in [1.82, 2.24) is 9.88 Å². The van der Waals surface area contributed by atoms with Crippen molar-refractivity contribution < 1.29 is 4.74 Å². The number of aromatic nitrogens is 1. The summed E-state index contributed by atoms with van der Waals surface area (Å²) < 4.78 is 5.71. The van der Waals surface area contributed by atoms with Crippen LogP contribution in [-0.4, -0.2) is 35.2 Å². The van der Waals surface area contributed by atoms with Gasteiger partial charge >= 0.3 is 0 Å². The van der Waals surface area contributed by atoms with E-state index < -0.39 is 0 Å². The van der Waals surface area contributed by atoms with Crippen molar-refractivity contribution in [2.45, 2.75) is 32.6 Å². The predicted molar refractivity (Wildman–Crippen MR) is 67.3 cm³/mol. The Morgan fingerprint density at radius 1 is 1.41 bits per heavy atom. The molecule has 1 aromatic heterocycles. The Labute approximate surface area is 102 Å². The SMILES string of the molecule is C[C@@H]1CN(Cc2ccc(NN)nc2)C[C@H](C)O1. The van der Waals surface area contributed by atoms with Gasteiger partial charge in [-0.15, -0.1) is 0 Å². The molecule has 5 heteroatoms. The number of nitrogens with two attached hydrogens (primary N) is 1. The number of hydrogen-bond acceptors (Lipinski definition) is 5. The lowest BCUT2D eigenvalue weighted by Gasteiger charge is -2.35. The minimum absolute atomic E-state index is 0.302. The normalized spacial score (nSPS) is 25.8. The van der Waals surface area contributed by atoms with Crippen LogP contribution in [0.5, 0.6) is 0 Å². The number of nitrogens with one attached hydrogen (secondary N) is 1. The predicted octanol–water partition coefficient (Wildman–Crippen LogP) is 0.976. The zero-order valence-corrected chi connectivity index (χ0v) is 10.4. The molecule has 1 fully saturated rings. The van der Waals surface area contributed by atoms with Crippen molar-refractivity contribution in [3.05, 3.63) is 23.9 Å². The highest BCUT2D eigenvalue weighted by Gasteiger charge is 2.21. The van der Waals surface area contributed by atoms with Crippen LogP contribution in [0.25, 0.3) is 0 Å². The van der Waals surface area contributed by atoms with Crippen molar-refractivity contribution in [3.63, 3.8) is 0 Å². The lowest BCUT2D eigenvalue weighted by Crippen LogP contribution is -2.44. The summed E-state index contributed by atoms with van der Waals surface area (Å²) in [5, 5.41) is 0. The summed E-state index contributed by atoms with van der Waals surface area (Å²) in [6.07, 6.45) is 2.47. The largest absolute Gasteiger partial charge is 0.373 e. The first-order chi connectivity index (χ1) is 8.17. The number of anilines is 1. The zero-order valence-electron chi connectivity index (χ0n) is 10.4. The number of hydrogen-bond donors (Lipinski definition) is 2. The third-order valence-corrected chi connectivity index (χ3v) is 2.87. The summed E-state index contributed by atoms with van der Waals surface area (Å²) in [4.78, 5) is 6.60. The van der Waals surface area contributed by atoms with E-state index in [9.17, 15) is 0 Å². The zero-order chi connectivity index (χ0) is 12.3. The molecule has 1 aliphatic rings. The van der Waals surface area contributed by atoms with Crippen LogP contribution in [0.15, 0.2) is 18.3 Å². The van der Waals surface area contributed by atoms with Gasteiger partial charge in [0.2, 0.25) is 0 Å². The summed E-state index contributed by atoms with van der Waals surface area (Å²) in [5.41, 5.74) is 3.73. The van der Waals surface area contributed by atoms with E-state index in [2.05, 4.69) is 29.2 Å². The van der Waals surface area contributed by atoms with Gasteiger partial charge in [0.25, 0.3) is 0 Å². The van der Waals surface area contributed by atoms with E-state index in [0.717, 1.165) is 19.6 Å². The molecule has 0 bridgehead atoms. The second kappa shape index (κ2) is 5.44. The fraction of sp³-hybridized carbons (Fsp3) is 0.583. The van der Waals surface area contributed by atoms with Gasteiger partial charge in [-0.2, -0.15) is 0 Å². The van der Waals surface area contributed by atoms with E-state index in [1.54, 1.807) is 0 Å².